The number of rotatable bonds is 4. The van der Waals surface area contributed by atoms with Crippen molar-refractivity contribution in [3.63, 3.8) is 0 Å². The Bertz CT molecular complexity index is 214. The van der Waals surface area contributed by atoms with Gasteiger partial charge >= 0.3 is 0 Å². The zero-order chi connectivity index (χ0) is 11.4. The summed E-state index contributed by atoms with van der Waals surface area (Å²) in [5.74, 6) is 0.861. The molecule has 0 aromatic heterocycles. The van der Waals surface area contributed by atoms with Crippen LogP contribution in [0.1, 0.15) is 33.1 Å². The molecule has 0 amide bonds. The van der Waals surface area contributed by atoms with Crippen molar-refractivity contribution in [3.05, 3.63) is 0 Å². The Balaban J connectivity index is 1.82. The second kappa shape index (κ2) is 5.48. The van der Waals surface area contributed by atoms with Crippen LogP contribution in [0.2, 0.25) is 0 Å². The summed E-state index contributed by atoms with van der Waals surface area (Å²) in [5, 5.41) is 3.47. The maximum absolute atomic E-state index is 5.48. The third-order valence-electron chi connectivity index (χ3n) is 4.30. The average Bonchev–Trinajstić information content (AvgIpc) is 2.77. The normalized spacial score (nSPS) is 30.8. The van der Waals surface area contributed by atoms with Crippen LogP contribution in [0.3, 0.4) is 0 Å². The van der Waals surface area contributed by atoms with Crippen molar-refractivity contribution in [2.24, 2.45) is 5.92 Å². The van der Waals surface area contributed by atoms with Gasteiger partial charge in [-0.1, -0.05) is 6.92 Å². The van der Waals surface area contributed by atoms with E-state index < -0.39 is 0 Å². The lowest BCUT2D eigenvalue weighted by molar-refractivity contribution is -0.0103. The van der Waals surface area contributed by atoms with E-state index in [-0.39, 0.29) is 0 Å². The highest BCUT2D eigenvalue weighted by molar-refractivity contribution is 4.92. The molecule has 0 aromatic carbocycles. The summed E-state index contributed by atoms with van der Waals surface area (Å²) in [6.45, 7) is 11.4. The number of hydrogen-bond donors (Lipinski definition) is 1. The van der Waals surface area contributed by atoms with Gasteiger partial charge in [0.25, 0.3) is 0 Å². The molecule has 16 heavy (non-hydrogen) atoms. The van der Waals surface area contributed by atoms with Crippen molar-refractivity contribution in [1.82, 2.24) is 10.2 Å². The SMILES string of the molecule is CCNCC1CCN(C2(C)CCOCC2)C1. The second-order valence-corrected chi connectivity index (χ2v) is 5.52. The summed E-state index contributed by atoms with van der Waals surface area (Å²) in [6, 6.07) is 0. The monoisotopic (exact) mass is 226 g/mol. The molecule has 2 rings (SSSR count). The summed E-state index contributed by atoms with van der Waals surface area (Å²) >= 11 is 0. The number of likely N-dealkylation sites (tertiary alicyclic amines) is 1. The number of nitrogens with zero attached hydrogens (tertiary/aromatic N) is 1. The molecule has 0 spiro atoms. The fourth-order valence-corrected chi connectivity index (χ4v) is 2.97. The first-order valence-corrected chi connectivity index (χ1v) is 6.78. The van der Waals surface area contributed by atoms with E-state index in [2.05, 4.69) is 24.1 Å². The first kappa shape index (κ1) is 12.3. The number of ether oxygens (including phenoxy) is 1. The molecule has 2 aliphatic rings. The van der Waals surface area contributed by atoms with Gasteiger partial charge in [0.1, 0.15) is 0 Å². The summed E-state index contributed by atoms with van der Waals surface area (Å²) < 4.78 is 5.48. The zero-order valence-electron chi connectivity index (χ0n) is 10.8. The van der Waals surface area contributed by atoms with Gasteiger partial charge in [0.2, 0.25) is 0 Å². The molecule has 3 nitrogen and oxygen atoms in total. The van der Waals surface area contributed by atoms with Crippen LogP contribution >= 0.6 is 0 Å². The van der Waals surface area contributed by atoms with Gasteiger partial charge < -0.3 is 10.1 Å². The van der Waals surface area contributed by atoms with Crippen molar-refractivity contribution in [2.45, 2.75) is 38.6 Å². The van der Waals surface area contributed by atoms with Gasteiger partial charge in [0.15, 0.2) is 0 Å². The third kappa shape index (κ3) is 2.76. The maximum atomic E-state index is 5.48. The minimum absolute atomic E-state index is 0.416. The Morgan fingerprint density at radius 1 is 1.38 bits per heavy atom. The Morgan fingerprint density at radius 2 is 2.12 bits per heavy atom. The highest BCUT2D eigenvalue weighted by Gasteiger charge is 2.37. The van der Waals surface area contributed by atoms with Gasteiger partial charge in [-0.2, -0.15) is 0 Å². The summed E-state index contributed by atoms with van der Waals surface area (Å²) in [6.07, 6.45) is 3.78. The molecule has 0 aromatic rings. The summed E-state index contributed by atoms with van der Waals surface area (Å²) in [4.78, 5) is 2.71. The van der Waals surface area contributed by atoms with E-state index in [4.69, 9.17) is 4.74 Å². The van der Waals surface area contributed by atoms with E-state index in [1.807, 2.05) is 0 Å². The highest BCUT2D eigenvalue weighted by Crippen LogP contribution is 2.32. The van der Waals surface area contributed by atoms with Gasteiger partial charge in [-0.3, -0.25) is 4.90 Å². The quantitative estimate of drug-likeness (QED) is 0.786. The average molecular weight is 226 g/mol. The topological polar surface area (TPSA) is 24.5 Å². The molecule has 3 heteroatoms. The lowest BCUT2D eigenvalue weighted by Gasteiger charge is -2.42. The van der Waals surface area contributed by atoms with E-state index in [1.165, 1.54) is 38.9 Å². The van der Waals surface area contributed by atoms with E-state index >= 15 is 0 Å². The zero-order valence-corrected chi connectivity index (χ0v) is 10.8. The Labute approximate surface area is 99.5 Å². The van der Waals surface area contributed by atoms with Crippen LogP contribution in [0.5, 0.6) is 0 Å². The second-order valence-electron chi connectivity index (χ2n) is 5.52. The lowest BCUT2D eigenvalue weighted by atomic mass is 9.90. The summed E-state index contributed by atoms with van der Waals surface area (Å²) in [5.41, 5.74) is 0.416. The van der Waals surface area contributed by atoms with Gasteiger partial charge in [0, 0.05) is 25.3 Å². The van der Waals surface area contributed by atoms with Crippen molar-refractivity contribution >= 4 is 0 Å². The van der Waals surface area contributed by atoms with E-state index in [0.717, 1.165) is 25.7 Å². The van der Waals surface area contributed by atoms with E-state index in [1.54, 1.807) is 0 Å². The smallest absolute Gasteiger partial charge is 0.0483 e. The van der Waals surface area contributed by atoms with Crippen molar-refractivity contribution in [1.29, 1.82) is 0 Å². The molecule has 1 N–H and O–H groups in total. The first-order valence-electron chi connectivity index (χ1n) is 6.78. The highest BCUT2D eigenvalue weighted by atomic mass is 16.5. The largest absolute Gasteiger partial charge is 0.381 e. The molecule has 2 heterocycles. The molecule has 1 unspecified atom stereocenters. The van der Waals surface area contributed by atoms with Crippen molar-refractivity contribution in [2.75, 3.05) is 39.4 Å². The minimum atomic E-state index is 0.416. The van der Waals surface area contributed by atoms with Crippen LogP contribution in [0.25, 0.3) is 0 Å². The Hall–Kier alpha value is -0.120. The minimum Gasteiger partial charge on any atom is -0.381 e. The predicted octanol–water partition coefficient (Wildman–Crippen LogP) is 1.49. The van der Waals surface area contributed by atoms with Crippen LogP contribution in [0.15, 0.2) is 0 Å². The molecule has 2 fully saturated rings. The fourth-order valence-electron chi connectivity index (χ4n) is 2.97. The molecule has 0 aliphatic carbocycles. The van der Waals surface area contributed by atoms with Gasteiger partial charge in [-0.05, 0) is 51.7 Å². The van der Waals surface area contributed by atoms with Crippen molar-refractivity contribution in [3.8, 4) is 0 Å². The standard InChI is InChI=1S/C13H26N2O/c1-3-14-10-12-4-7-15(11-12)13(2)5-8-16-9-6-13/h12,14H,3-11H2,1-2H3. The molecule has 0 bridgehead atoms. The fraction of sp³-hybridized carbons (Fsp3) is 1.00. The number of nitrogens with one attached hydrogen (secondary N) is 1. The Morgan fingerprint density at radius 3 is 2.81 bits per heavy atom. The lowest BCUT2D eigenvalue weighted by Crippen LogP contribution is -2.49. The molecule has 0 radical (unpaired) electrons. The molecule has 1 atom stereocenters. The van der Waals surface area contributed by atoms with Gasteiger partial charge in [-0.15, -0.1) is 0 Å². The molecular weight excluding hydrogens is 200 g/mol. The van der Waals surface area contributed by atoms with Crippen LogP contribution in [0, 0.1) is 5.92 Å². The maximum Gasteiger partial charge on any atom is 0.0483 e. The molecular formula is C13H26N2O. The van der Waals surface area contributed by atoms with E-state index in [0.29, 0.717) is 5.54 Å². The van der Waals surface area contributed by atoms with Gasteiger partial charge in [0.05, 0.1) is 0 Å². The van der Waals surface area contributed by atoms with Gasteiger partial charge in [-0.25, -0.2) is 0 Å². The molecule has 2 aliphatic heterocycles. The number of hydrogen-bond acceptors (Lipinski definition) is 3. The predicted molar refractivity (Wildman–Crippen MR) is 66.7 cm³/mol. The molecule has 2 saturated heterocycles. The van der Waals surface area contributed by atoms with Crippen LogP contribution < -0.4 is 5.32 Å². The van der Waals surface area contributed by atoms with Crippen LogP contribution in [-0.4, -0.2) is 49.8 Å². The van der Waals surface area contributed by atoms with E-state index in [9.17, 15) is 0 Å². The summed E-state index contributed by atoms with van der Waals surface area (Å²) in [7, 11) is 0. The first-order chi connectivity index (χ1) is 7.74. The molecule has 94 valence electrons. The van der Waals surface area contributed by atoms with Crippen LogP contribution in [-0.2, 0) is 4.74 Å². The Kier molecular flexibility index (Phi) is 4.22. The van der Waals surface area contributed by atoms with Crippen molar-refractivity contribution < 1.29 is 4.74 Å². The third-order valence-corrected chi connectivity index (χ3v) is 4.30. The molecule has 0 saturated carbocycles. The van der Waals surface area contributed by atoms with Crippen LogP contribution in [0.4, 0.5) is 0 Å².